The lowest BCUT2D eigenvalue weighted by atomic mass is 10.4. The molecule has 0 unspecified atom stereocenters. The minimum Gasteiger partial charge on any atom is -0.381 e. The predicted octanol–water partition coefficient (Wildman–Crippen LogP) is 1.38. The van der Waals surface area contributed by atoms with Gasteiger partial charge in [-0.1, -0.05) is 5.16 Å². The van der Waals surface area contributed by atoms with E-state index in [0.29, 0.717) is 11.6 Å². The van der Waals surface area contributed by atoms with Gasteiger partial charge in [0.1, 0.15) is 0 Å². The Kier molecular flexibility index (Phi) is 1.36. The number of aromatic nitrogens is 2. The van der Waals surface area contributed by atoms with E-state index < -0.39 is 0 Å². The third kappa shape index (κ3) is 1.10. The third-order valence-electron chi connectivity index (χ3n) is 1.20. The number of hydrogen-bond donors (Lipinski definition) is 1. The average molecular weight is 167 g/mol. The van der Waals surface area contributed by atoms with Crippen LogP contribution >= 0.6 is 11.3 Å². The first-order valence-electron chi connectivity index (χ1n) is 2.97. The largest absolute Gasteiger partial charge is 0.381 e. The van der Waals surface area contributed by atoms with Crippen LogP contribution in [0.15, 0.2) is 22.3 Å². The summed E-state index contributed by atoms with van der Waals surface area (Å²) in [4.78, 5) is 4.84. The molecule has 2 heterocycles. The van der Waals surface area contributed by atoms with E-state index in [9.17, 15) is 0 Å². The van der Waals surface area contributed by atoms with E-state index in [2.05, 4.69) is 10.1 Å². The van der Waals surface area contributed by atoms with Crippen molar-refractivity contribution >= 4 is 17.2 Å². The molecule has 0 aliphatic carbocycles. The molecule has 0 aromatic carbocycles. The van der Waals surface area contributed by atoms with E-state index in [-0.39, 0.29) is 0 Å². The SMILES string of the molecule is Nc1cc(-c2cncs2)on1. The zero-order valence-corrected chi connectivity index (χ0v) is 6.34. The van der Waals surface area contributed by atoms with Crippen LogP contribution in [0.3, 0.4) is 0 Å². The van der Waals surface area contributed by atoms with Crippen molar-refractivity contribution in [3.05, 3.63) is 17.8 Å². The van der Waals surface area contributed by atoms with Crippen molar-refractivity contribution in [3.63, 3.8) is 0 Å². The maximum atomic E-state index is 5.36. The van der Waals surface area contributed by atoms with Gasteiger partial charge in [-0.3, -0.25) is 4.98 Å². The first kappa shape index (κ1) is 6.36. The van der Waals surface area contributed by atoms with Gasteiger partial charge in [-0.05, 0) is 0 Å². The van der Waals surface area contributed by atoms with E-state index in [1.807, 2.05) is 0 Å². The van der Waals surface area contributed by atoms with E-state index in [4.69, 9.17) is 10.3 Å². The highest BCUT2D eigenvalue weighted by Gasteiger charge is 2.04. The molecule has 4 nitrogen and oxygen atoms in total. The van der Waals surface area contributed by atoms with Crippen molar-refractivity contribution in [1.29, 1.82) is 0 Å². The molecule has 0 aliphatic rings. The van der Waals surface area contributed by atoms with Crippen molar-refractivity contribution < 1.29 is 4.52 Å². The molecule has 56 valence electrons. The summed E-state index contributed by atoms with van der Waals surface area (Å²) < 4.78 is 4.90. The molecule has 2 N–H and O–H groups in total. The molecule has 0 spiro atoms. The first-order valence-corrected chi connectivity index (χ1v) is 3.85. The molecule has 0 aliphatic heterocycles. The number of nitrogens with two attached hydrogens (primary N) is 1. The van der Waals surface area contributed by atoms with E-state index in [1.165, 1.54) is 11.3 Å². The van der Waals surface area contributed by atoms with Gasteiger partial charge < -0.3 is 10.3 Å². The molecule has 5 heteroatoms. The van der Waals surface area contributed by atoms with Gasteiger partial charge in [-0.2, -0.15) is 0 Å². The summed E-state index contributed by atoms with van der Waals surface area (Å²) in [6, 6.07) is 1.67. The molecule has 0 atom stereocenters. The molecule has 0 radical (unpaired) electrons. The monoisotopic (exact) mass is 167 g/mol. The Hall–Kier alpha value is -1.36. The van der Waals surface area contributed by atoms with Gasteiger partial charge in [0.15, 0.2) is 11.6 Å². The molecule has 0 saturated carbocycles. The molecule has 0 amide bonds. The Morgan fingerprint density at radius 3 is 3.00 bits per heavy atom. The van der Waals surface area contributed by atoms with Crippen LogP contribution in [0.2, 0.25) is 0 Å². The quantitative estimate of drug-likeness (QED) is 0.696. The number of thiazole rings is 1. The molecule has 2 aromatic heterocycles. The highest BCUT2D eigenvalue weighted by molar-refractivity contribution is 7.13. The number of hydrogen-bond acceptors (Lipinski definition) is 5. The highest BCUT2D eigenvalue weighted by atomic mass is 32.1. The maximum Gasteiger partial charge on any atom is 0.180 e. The number of rotatable bonds is 1. The summed E-state index contributed by atoms with van der Waals surface area (Å²) in [5.41, 5.74) is 7.09. The summed E-state index contributed by atoms with van der Waals surface area (Å²) in [5.74, 6) is 1.07. The van der Waals surface area contributed by atoms with Crippen LogP contribution < -0.4 is 5.73 Å². The molecule has 11 heavy (non-hydrogen) atoms. The first-order chi connectivity index (χ1) is 5.36. The number of nitrogen functional groups attached to an aromatic ring is 1. The Morgan fingerprint density at radius 2 is 2.45 bits per heavy atom. The zero-order chi connectivity index (χ0) is 7.68. The summed E-state index contributed by atoms with van der Waals surface area (Å²) in [7, 11) is 0. The predicted molar refractivity (Wildman–Crippen MR) is 42.0 cm³/mol. The van der Waals surface area contributed by atoms with Gasteiger partial charge >= 0.3 is 0 Å². The second kappa shape index (κ2) is 2.35. The Bertz CT molecular complexity index is 340. The van der Waals surface area contributed by atoms with Gasteiger partial charge in [0.2, 0.25) is 0 Å². The van der Waals surface area contributed by atoms with Crippen molar-refractivity contribution in [2.24, 2.45) is 0 Å². The minimum absolute atomic E-state index is 0.397. The van der Waals surface area contributed by atoms with Crippen LogP contribution in [-0.2, 0) is 0 Å². The van der Waals surface area contributed by atoms with Crippen LogP contribution in [-0.4, -0.2) is 10.1 Å². The fraction of sp³-hybridized carbons (Fsp3) is 0. The summed E-state index contributed by atoms with van der Waals surface area (Å²) in [6.45, 7) is 0. The third-order valence-corrected chi connectivity index (χ3v) is 1.99. The fourth-order valence-electron chi connectivity index (χ4n) is 0.742. The Labute approximate surface area is 66.7 Å². The topological polar surface area (TPSA) is 64.9 Å². The second-order valence-electron chi connectivity index (χ2n) is 1.98. The molecule has 0 saturated heterocycles. The van der Waals surface area contributed by atoms with Crippen LogP contribution in [0.5, 0.6) is 0 Å². The van der Waals surface area contributed by atoms with Gasteiger partial charge in [0.05, 0.1) is 10.4 Å². The van der Waals surface area contributed by atoms with Crippen LogP contribution in [0.4, 0.5) is 5.82 Å². The van der Waals surface area contributed by atoms with Crippen molar-refractivity contribution in [3.8, 4) is 10.6 Å². The van der Waals surface area contributed by atoms with Crippen molar-refractivity contribution in [2.75, 3.05) is 5.73 Å². The summed E-state index contributed by atoms with van der Waals surface area (Å²) >= 11 is 1.49. The van der Waals surface area contributed by atoms with Crippen molar-refractivity contribution in [1.82, 2.24) is 10.1 Å². The van der Waals surface area contributed by atoms with Crippen LogP contribution in [0.1, 0.15) is 0 Å². The lowest BCUT2D eigenvalue weighted by Gasteiger charge is -1.81. The lowest BCUT2D eigenvalue weighted by Crippen LogP contribution is -1.79. The standard InChI is InChI=1S/C6H5N3OS/c7-6-1-4(10-9-6)5-2-8-3-11-5/h1-3H,(H2,7,9). The number of anilines is 1. The maximum absolute atomic E-state index is 5.36. The number of nitrogens with zero attached hydrogens (tertiary/aromatic N) is 2. The summed E-state index contributed by atoms with van der Waals surface area (Å²) in [6.07, 6.45) is 1.71. The Balaban J connectivity index is 2.45. The highest BCUT2D eigenvalue weighted by Crippen LogP contribution is 2.23. The van der Waals surface area contributed by atoms with Gasteiger partial charge in [-0.15, -0.1) is 11.3 Å². The van der Waals surface area contributed by atoms with Crippen molar-refractivity contribution in [2.45, 2.75) is 0 Å². The minimum atomic E-state index is 0.397. The van der Waals surface area contributed by atoms with Gasteiger partial charge in [-0.25, -0.2) is 0 Å². The Morgan fingerprint density at radius 1 is 1.55 bits per heavy atom. The molecule has 0 fully saturated rings. The average Bonchev–Trinajstić information content (AvgIpc) is 2.55. The van der Waals surface area contributed by atoms with E-state index in [0.717, 1.165) is 4.88 Å². The molecule has 0 bridgehead atoms. The summed E-state index contributed by atoms with van der Waals surface area (Å²) in [5, 5.41) is 3.55. The molecular weight excluding hydrogens is 162 g/mol. The van der Waals surface area contributed by atoms with E-state index in [1.54, 1.807) is 17.8 Å². The second-order valence-corrected chi connectivity index (χ2v) is 2.87. The van der Waals surface area contributed by atoms with Crippen LogP contribution in [0.25, 0.3) is 10.6 Å². The van der Waals surface area contributed by atoms with E-state index >= 15 is 0 Å². The normalized spacial score (nSPS) is 10.2. The molecule has 2 aromatic rings. The molecular formula is C6H5N3OS. The lowest BCUT2D eigenvalue weighted by molar-refractivity contribution is 0.436. The van der Waals surface area contributed by atoms with Gasteiger partial charge in [0, 0.05) is 12.3 Å². The fourth-order valence-corrected chi connectivity index (χ4v) is 1.31. The smallest absolute Gasteiger partial charge is 0.180 e. The zero-order valence-electron chi connectivity index (χ0n) is 5.52. The van der Waals surface area contributed by atoms with Crippen LogP contribution in [0, 0.1) is 0 Å². The molecule has 2 rings (SSSR count). The van der Waals surface area contributed by atoms with Gasteiger partial charge in [0.25, 0.3) is 0 Å².